The monoisotopic (exact) mass is 430 g/mol. The number of hydrogen-bond acceptors (Lipinski definition) is 5. The summed E-state index contributed by atoms with van der Waals surface area (Å²) in [5.41, 5.74) is 4.26. The SMILES string of the molecule is COc1cccc([C@H](C)NC(=O)C2CCN(c3cc(-c4cccc(C)c4)ncn3)CC2)c1. The van der Waals surface area contributed by atoms with Crippen LogP contribution in [0.3, 0.4) is 0 Å². The van der Waals surface area contributed by atoms with Crippen molar-refractivity contribution in [1.29, 1.82) is 0 Å². The summed E-state index contributed by atoms with van der Waals surface area (Å²) >= 11 is 0. The normalized spacial score (nSPS) is 15.3. The van der Waals surface area contributed by atoms with Crippen LogP contribution in [0.15, 0.2) is 60.9 Å². The molecule has 2 heterocycles. The highest BCUT2D eigenvalue weighted by molar-refractivity contribution is 5.79. The maximum atomic E-state index is 12.9. The van der Waals surface area contributed by atoms with Crippen molar-refractivity contribution in [3.8, 4) is 17.0 Å². The molecule has 4 rings (SSSR count). The number of aromatic nitrogens is 2. The van der Waals surface area contributed by atoms with Gasteiger partial charge in [-0.25, -0.2) is 9.97 Å². The molecule has 2 aromatic carbocycles. The molecule has 0 unspecified atom stereocenters. The standard InChI is InChI=1S/C26H30N4O2/c1-18-6-4-8-22(14-18)24-16-25(28-17-27-24)30-12-10-20(11-13-30)26(31)29-19(2)21-7-5-9-23(15-21)32-3/h4-9,14-17,19-20H,10-13H2,1-3H3,(H,29,31)/t19-/m0/s1. The summed E-state index contributed by atoms with van der Waals surface area (Å²) in [5, 5.41) is 3.17. The van der Waals surface area contributed by atoms with E-state index in [4.69, 9.17) is 4.74 Å². The second kappa shape index (κ2) is 9.81. The quantitative estimate of drug-likeness (QED) is 0.621. The van der Waals surface area contributed by atoms with Crippen molar-refractivity contribution in [3.63, 3.8) is 0 Å². The van der Waals surface area contributed by atoms with Crippen molar-refractivity contribution in [2.24, 2.45) is 5.92 Å². The van der Waals surface area contributed by atoms with Crippen molar-refractivity contribution in [2.75, 3.05) is 25.1 Å². The van der Waals surface area contributed by atoms with Gasteiger partial charge in [0.25, 0.3) is 0 Å². The van der Waals surface area contributed by atoms with E-state index in [-0.39, 0.29) is 17.9 Å². The number of carbonyl (C=O) groups excluding carboxylic acids is 1. The summed E-state index contributed by atoms with van der Waals surface area (Å²) in [6, 6.07) is 18.1. The highest BCUT2D eigenvalue weighted by Gasteiger charge is 2.27. The van der Waals surface area contributed by atoms with E-state index in [2.05, 4.69) is 45.3 Å². The molecule has 0 saturated carbocycles. The van der Waals surface area contributed by atoms with E-state index in [1.54, 1.807) is 13.4 Å². The predicted octanol–water partition coefficient (Wildman–Crippen LogP) is 4.55. The molecule has 6 heteroatoms. The number of nitrogens with zero attached hydrogens (tertiary/aromatic N) is 3. The summed E-state index contributed by atoms with van der Waals surface area (Å²) in [6.45, 7) is 5.69. The lowest BCUT2D eigenvalue weighted by molar-refractivity contribution is -0.126. The van der Waals surface area contributed by atoms with E-state index < -0.39 is 0 Å². The Balaban J connectivity index is 1.36. The van der Waals surface area contributed by atoms with Crippen LogP contribution in [0.2, 0.25) is 0 Å². The molecule has 1 atom stereocenters. The Morgan fingerprint density at radius 2 is 1.88 bits per heavy atom. The number of rotatable bonds is 6. The molecule has 0 radical (unpaired) electrons. The second-order valence-corrected chi connectivity index (χ2v) is 8.40. The summed E-state index contributed by atoms with van der Waals surface area (Å²) < 4.78 is 5.29. The van der Waals surface area contributed by atoms with Gasteiger partial charge in [0.1, 0.15) is 17.9 Å². The highest BCUT2D eigenvalue weighted by Crippen LogP contribution is 2.26. The summed E-state index contributed by atoms with van der Waals surface area (Å²) in [6.07, 6.45) is 3.24. The lowest BCUT2D eigenvalue weighted by Gasteiger charge is -2.32. The van der Waals surface area contributed by atoms with Gasteiger partial charge in [-0.05, 0) is 50.5 Å². The fraction of sp³-hybridized carbons (Fsp3) is 0.346. The highest BCUT2D eigenvalue weighted by atomic mass is 16.5. The van der Waals surface area contributed by atoms with Gasteiger partial charge in [-0.15, -0.1) is 0 Å². The Morgan fingerprint density at radius 3 is 2.62 bits per heavy atom. The van der Waals surface area contributed by atoms with Gasteiger partial charge in [0, 0.05) is 30.6 Å². The fourth-order valence-corrected chi connectivity index (χ4v) is 4.18. The lowest BCUT2D eigenvalue weighted by atomic mass is 9.95. The maximum absolute atomic E-state index is 12.9. The first kappa shape index (κ1) is 21.8. The maximum Gasteiger partial charge on any atom is 0.223 e. The fourth-order valence-electron chi connectivity index (χ4n) is 4.18. The molecule has 0 spiro atoms. The molecule has 0 bridgehead atoms. The third-order valence-electron chi connectivity index (χ3n) is 6.11. The van der Waals surface area contributed by atoms with Gasteiger partial charge in [-0.1, -0.05) is 35.9 Å². The van der Waals surface area contributed by atoms with Gasteiger partial charge in [-0.2, -0.15) is 0 Å². The van der Waals surface area contributed by atoms with Crippen LogP contribution < -0.4 is 15.0 Å². The second-order valence-electron chi connectivity index (χ2n) is 8.40. The third kappa shape index (κ3) is 5.07. The Labute approximate surface area is 189 Å². The number of nitrogens with one attached hydrogen (secondary N) is 1. The molecule has 1 aliphatic heterocycles. The van der Waals surface area contributed by atoms with Gasteiger partial charge in [0.05, 0.1) is 18.8 Å². The van der Waals surface area contributed by atoms with Crippen LogP contribution in [-0.4, -0.2) is 36.1 Å². The van der Waals surface area contributed by atoms with E-state index in [1.807, 2.05) is 43.3 Å². The largest absolute Gasteiger partial charge is 0.497 e. The molecule has 1 N–H and O–H groups in total. The number of methoxy groups -OCH3 is 1. The minimum atomic E-state index is -0.0608. The number of amides is 1. The Kier molecular flexibility index (Phi) is 6.69. The molecule has 1 fully saturated rings. The van der Waals surface area contributed by atoms with Crippen molar-refractivity contribution in [2.45, 2.75) is 32.7 Å². The number of hydrogen-bond donors (Lipinski definition) is 1. The zero-order valence-corrected chi connectivity index (χ0v) is 18.9. The molecular formula is C26H30N4O2. The van der Waals surface area contributed by atoms with Gasteiger partial charge >= 0.3 is 0 Å². The van der Waals surface area contributed by atoms with E-state index in [0.717, 1.165) is 54.3 Å². The van der Waals surface area contributed by atoms with Crippen LogP contribution in [0.25, 0.3) is 11.3 Å². The minimum absolute atomic E-state index is 0.0115. The first-order valence-corrected chi connectivity index (χ1v) is 11.1. The number of anilines is 1. The van der Waals surface area contributed by atoms with Crippen LogP contribution in [0.4, 0.5) is 5.82 Å². The lowest BCUT2D eigenvalue weighted by Crippen LogP contribution is -2.41. The number of ether oxygens (including phenoxy) is 1. The van der Waals surface area contributed by atoms with Gasteiger partial charge in [0.2, 0.25) is 5.91 Å². The van der Waals surface area contributed by atoms with E-state index in [1.165, 1.54) is 5.56 Å². The average Bonchev–Trinajstić information content (AvgIpc) is 2.84. The molecule has 32 heavy (non-hydrogen) atoms. The Bertz CT molecular complexity index is 1080. The van der Waals surface area contributed by atoms with Crippen LogP contribution >= 0.6 is 0 Å². The number of piperidine rings is 1. The molecule has 1 amide bonds. The molecule has 0 aliphatic carbocycles. The smallest absolute Gasteiger partial charge is 0.223 e. The average molecular weight is 431 g/mol. The zero-order chi connectivity index (χ0) is 22.5. The first-order chi connectivity index (χ1) is 15.5. The van der Waals surface area contributed by atoms with Crippen molar-refractivity contribution >= 4 is 11.7 Å². The van der Waals surface area contributed by atoms with Gasteiger partial charge < -0.3 is 15.0 Å². The zero-order valence-electron chi connectivity index (χ0n) is 18.9. The Hall–Kier alpha value is -3.41. The number of benzene rings is 2. The summed E-state index contributed by atoms with van der Waals surface area (Å²) in [5.74, 6) is 1.84. The molecule has 1 aliphatic rings. The third-order valence-corrected chi connectivity index (χ3v) is 6.11. The molecule has 1 aromatic heterocycles. The number of carbonyl (C=O) groups is 1. The van der Waals surface area contributed by atoms with Crippen molar-refractivity contribution < 1.29 is 9.53 Å². The molecule has 1 saturated heterocycles. The van der Waals surface area contributed by atoms with Crippen molar-refractivity contribution in [1.82, 2.24) is 15.3 Å². The Morgan fingerprint density at radius 1 is 1.09 bits per heavy atom. The summed E-state index contributed by atoms with van der Waals surface area (Å²) in [4.78, 5) is 24.0. The molecule has 3 aromatic rings. The topological polar surface area (TPSA) is 67.3 Å². The molecular weight excluding hydrogens is 400 g/mol. The van der Waals surface area contributed by atoms with E-state index in [9.17, 15) is 4.79 Å². The van der Waals surface area contributed by atoms with Crippen LogP contribution in [-0.2, 0) is 4.79 Å². The summed E-state index contributed by atoms with van der Waals surface area (Å²) in [7, 11) is 1.65. The predicted molar refractivity (Wildman–Crippen MR) is 127 cm³/mol. The number of aryl methyl sites for hydroxylation is 1. The molecule has 6 nitrogen and oxygen atoms in total. The van der Waals surface area contributed by atoms with Crippen LogP contribution in [0, 0.1) is 12.8 Å². The van der Waals surface area contributed by atoms with Crippen LogP contribution in [0.5, 0.6) is 5.75 Å². The van der Waals surface area contributed by atoms with E-state index >= 15 is 0 Å². The minimum Gasteiger partial charge on any atom is -0.497 e. The van der Waals surface area contributed by atoms with Gasteiger partial charge in [0.15, 0.2) is 0 Å². The van der Waals surface area contributed by atoms with E-state index in [0.29, 0.717) is 0 Å². The van der Waals surface area contributed by atoms with Crippen molar-refractivity contribution in [3.05, 3.63) is 72.1 Å². The first-order valence-electron chi connectivity index (χ1n) is 11.1. The van der Waals surface area contributed by atoms with Gasteiger partial charge in [-0.3, -0.25) is 4.79 Å². The van der Waals surface area contributed by atoms with Crippen LogP contribution in [0.1, 0.15) is 36.9 Å². The molecule has 166 valence electrons.